The van der Waals surface area contributed by atoms with Gasteiger partial charge in [-0.25, -0.2) is 0 Å². The van der Waals surface area contributed by atoms with Gasteiger partial charge in [-0.2, -0.15) is 13.5 Å². The standard InChI is InChI=1S/C9H13NO3.H2S/c1-10-5-9(13)6-2-3-7(11)8(12)4-6;/h2-4,9-13H,5H2,1H3;1H2/t9-;/m1./s1. The van der Waals surface area contributed by atoms with Crippen LogP contribution in [-0.4, -0.2) is 28.9 Å². The van der Waals surface area contributed by atoms with Gasteiger partial charge in [0.15, 0.2) is 11.5 Å². The number of phenolic OH excluding ortho intramolecular Hbond substituents is 2. The van der Waals surface area contributed by atoms with Crippen LogP contribution in [0.1, 0.15) is 11.7 Å². The molecule has 0 spiro atoms. The van der Waals surface area contributed by atoms with E-state index in [-0.39, 0.29) is 25.0 Å². The van der Waals surface area contributed by atoms with Gasteiger partial charge in [-0.1, -0.05) is 6.07 Å². The van der Waals surface area contributed by atoms with E-state index in [2.05, 4.69) is 5.32 Å². The third-order valence-electron chi connectivity index (χ3n) is 1.78. The van der Waals surface area contributed by atoms with Crippen LogP contribution in [0, 0.1) is 0 Å². The number of hydrogen-bond acceptors (Lipinski definition) is 4. The lowest BCUT2D eigenvalue weighted by atomic mass is 10.1. The molecule has 1 atom stereocenters. The summed E-state index contributed by atoms with van der Waals surface area (Å²) in [6, 6.07) is 4.26. The van der Waals surface area contributed by atoms with Gasteiger partial charge in [0, 0.05) is 6.54 Å². The molecule has 14 heavy (non-hydrogen) atoms. The van der Waals surface area contributed by atoms with Crippen molar-refractivity contribution in [2.24, 2.45) is 0 Å². The maximum atomic E-state index is 9.48. The fraction of sp³-hybridized carbons (Fsp3) is 0.333. The molecule has 80 valence electrons. The zero-order chi connectivity index (χ0) is 9.84. The number of benzene rings is 1. The molecule has 0 heterocycles. The highest BCUT2D eigenvalue weighted by Crippen LogP contribution is 2.27. The average Bonchev–Trinajstić information content (AvgIpc) is 2.10. The Hall–Kier alpha value is -0.910. The first-order valence-corrected chi connectivity index (χ1v) is 3.99. The van der Waals surface area contributed by atoms with Gasteiger partial charge < -0.3 is 20.6 Å². The van der Waals surface area contributed by atoms with Crippen molar-refractivity contribution in [1.29, 1.82) is 0 Å². The Labute approximate surface area is 89.7 Å². The van der Waals surface area contributed by atoms with E-state index in [1.165, 1.54) is 12.1 Å². The molecular formula is C9H15NO3S. The van der Waals surface area contributed by atoms with Crippen LogP contribution in [0.15, 0.2) is 18.2 Å². The maximum absolute atomic E-state index is 9.48. The largest absolute Gasteiger partial charge is 0.504 e. The van der Waals surface area contributed by atoms with E-state index in [0.29, 0.717) is 12.1 Å². The summed E-state index contributed by atoms with van der Waals surface area (Å²) in [5.74, 6) is -0.395. The van der Waals surface area contributed by atoms with E-state index in [0.717, 1.165) is 0 Å². The van der Waals surface area contributed by atoms with E-state index >= 15 is 0 Å². The molecule has 5 heteroatoms. The molecule has 4 N–H and O–H groups in total. The number of aliphatic hydroxyl groups excluding tert-OH is 1. The summed E-state index contributed by atoms with van der Waals surface area (Å²) in [7, 11) is 1.73. The molecule has 0 unspecified atom stereocenters. The molecule has 0 aliphatic carbocycles. The molecule has 1 rings (SSSR count). The van der Waals surface area contributed by atoms with E-state index in [1.807, 2.05) is 0 Å². The highest BCUT2D eigenvalue weighted by molar-refractivity contribution is 7.59. The quantitative estimate of drug-likeness (QED) is 0.555. The maximum Gasteiger partial charge on any atom is 0.157 e. The minimum absolute atomic E-state index is 0. The summed E-state index contributed by atoms with van der Waals surface area (Å²) in [5.41, 5.74) is 0.574. The van der Waals surface area contributed by atoms with E-state index in [1.54, 1.807) is 13.1 Å². The van der Waals surface area contributed by atoms with Crippen molar-refractivity contribution in [3.8, 4) is 11.5 Å². The predicted molar refractivity (Wildman–Crippen MR) is 59.0 cm³/mol. The van der Waals surface area contributed by atoms with Crippen molar-refractivity contribution in [1.82, 2.24) is 5.32 Å². The number of hydrogen-bond donors (Lipinski definition) is 4. The van der Waals surface area contributed by atoms with Crippen LogP contribution in [0.4, 0.5) is 0 Å². The van der Waals surface area contributed by atoms with Gasteiger partial charge in [0.2, 0.25) is 0 Å². The Morgan fingerprint density at radius 2 is 1.93 bits per heavy atom. The first-order valence-electron chi connectivity index (χ1n) is 3.99. The van der Waals surface area contributed by atoms with Gasteiger partial charge in [0.1, 0.15) is 0 Å². The molecule has 0 aliphatic rings. The molecule has 0 bridgehead atoms. The van der Waals surface area contributed by atoms with Crippen molar-refractivity contribution in [3.63, 3.8) is 0 Å². The molecular weight excluding hydrogens is 202 g/mol. The number of aromatic hydroxyl groups is 2. The second-order valence-electron chi connectivity index (χ2n) is 2.82. The Kier molecular flexibility index (Phi) is 5.37. The molecule has 0 aliphatic heterocycles. The molecule has 0 saturated carbocycles. The third kappa shape index (κ3) is 3.10. The Morgan fingerprint density at radius 1 is 1.29 bits per heavy atom. The van der Waals surface area contributed by atoms with Crippen LogP contribution < -0.4 is 5.32 Å². The van der Waals surface area contributed by atoms with Crippen LogP contribution in [-0.2, 0) is 0 Å². The number of nitrogens with one attached hydrogen (secondary N) is 1. The Bertz CT molecular complexity index is 293. The summed E-state index contributed by atoms with van der Waals surface area (Å²) in [6.45, 7) is 0.407. The molecule has 0 radical (unpaired) electrons. The number of phenols is 2. The highest BCUT2D eigenvalue weighted by Gasteiger charge is 2.08. The second kappa shape index (κ2) is 5.74. The van der Waals surface area contributed by atoms with E-state index < -0.39 is 6.10 Å². The Balaban J connectivity index is 0.00000169. The summed E-state index contributed by atoms with van der Waals surface area (Å²) < 4.78 is 0. The normalized spacial score (nSPS) is 11.9. The molecule has 0 amide bonds. The number of rotatable bonds is 3. The van der Waals surface area contributed by atoms with Gasteiger partial charge in [-0.3, -0.25) is 0 Å². The minimum atomic E-state index is -0.670. The van der Waals surface area contributed by atoms with Crippen LogP contribution in [0.3, 0.4) is 0 Å². The smallest absolute Gasteiger partial charge is 0.157 e. The second-order valence-corrected chi connectivity index (χ2v) is 2.82. The minimum Gasteiger partial charge on any atom is -0.504 e. The van der Waals surface area contributed by atoms with Crippen molar-refractivity contribution < 1.29 is 15.3 Å². The molecule has 1 aromatic carbocycles. The average molecular weight is 217 g/mol. The van der Waals surface area contributed by atoms with Crippen molar-refractivity contribution in [2.75, 3.05) is 13.6 Å². The molecule has 4 nitrogen and oxygen atoms in total. The van der Waals surface area contributed by atoms with E-state index in [4.69, 9.17) is 10.2 Å². The number of aliphatic hydroxyl groups is 1. The summed E-state index contributed by atoms with van der Waals surface area (Å²) in [6.07, 6.45) is -0.670. The summed E-state index contributed by atoms with van der Waals surface area (Å²) >= 11 is 0. The van der Waals surface area contributed by atoms with Crippen LogP contribution >= 0.6 is 13.5 Å². The van der Waals surface area contributed by atoms with Crippen molar-refractivity contribution >= 4 is 13.5 Å². The van der Waals surface area contributed by atoms with Gasteiger partial charge >= 0.3 is 0 Å². The molecule has 1 aromatic rings. The van der Waals surface area contributed by atoms with Crippen LogP contribution in [0.5, 0.6) is 11.5 Å². The van der Waals surface area contributed by atoms with Crippen LogP contribution in [0.2, 0.25) is 0 Å². The van der Waals surface area contributed by atoms with Crippen LogP contribution in [0.25, 0.3) is 0 Å². The monoisotopic (exact) mass is 217 g/mol. The first kappa shape index (κ1) is 13.1. The summed E-state index contributed by atoms with van der Waals surface area (Å²) in [4.78, 5) is 0. The molecule has 0 saturated heterocycles. The summed E-state index contributed by atoms with van der Waals surface area (Å²) in [5, 5.41) is 30.4. The van der Waals surface area contributed by atoms with Gasteiger partial charge in [0.05, 0.1) is 6.10 Å². The highest BCUT2D eigenvalue weighted by atomic mass is 32.1. The zero-order valence-corrected chi connectivity index (χ0v) is 8.86. The number of likely N-dealkylation sites (N-methyl/N-ethyl adjacent to an activating group) is 1. The lowest BCUT2D eigenvalue weighted by Crippen LogP contribution is -2.16. The van der Waals surface area contributed by atoms with Crippen molar-refractivity contribution in [2.45, 2.75) is 6.10 Å². The lowest BCUT2D eigenvalue weighted by Gasteiger charge is -2.10. The topological polar surface area (TPSA) is 72.7 Å². The van der Waals surface area contributed by atoms with Gasteiger partial charge in [-0.15, -0.1) is 0 Å². The fourth-order valence-electron chi connectivity index (χ4n) is 1.06. The molecule has 0 aromatic heterocycles. The van der Waals surface area contributed by atoms with E-state index in [9.17, 15) is 5.11 Å². The third-order valence-corrected chi connectivity index (χ3v) is 1.78. The first-order chi connectivity index (χ1) is 6.15. The van der Waals surface area contributed by atoms with Crippen molar-refractivity contribution in [3.05, 3.63) is 23.8 Å². The Morgan fingerprint density at radius 3 is 2.43 bits per heavy atom. The SMILES string of the molecule is CNC[C@@H](O)c1ccc(O)c(O)c1.S. The van der Waals surface area contributed by atoms with Gasteiger partial charge in [0.25, 0.3) is 0 Å². The predicted octanol–water partition coefficient (Wildman–Crippen LogP) is 0.463. The lowest BCUT2D eigenvalue weighted by molar-refractivity contribution is 0.177. The fourth-order valence-corrected chi connectivity index (χ4v) is 1.06. The molecule has 0 fully saturated rings. The van der Waals surface area contributed by atoms with Gasteiger partial charge in [-0.05, 0) is 24.7 Å². The zero-order valence-electron chi connectivity index (χ0n) is 7.86.